The van der Waals surface area contributed by atoms with Crippen molar-refractivity contribution in [3.63, 3.8) is 0 Å². The number of nitrogens with one attached hydrogen (secondary N) is 1. The number of carbonyl (C=O) groups is 1. The van der Waals surface area contributed by atoms with Crippen molar-refractivity contribution in [2.75, 3.05) is 11.1 Å². The highest BCUT2D eigenvalue weighted by Gasteiger charge is 2.10. The molecule has 0 saturated carbocycles. The highest BCUT2D eigenvalue weighted by atomic mass is 79.9. The molecular formula is C14H12BrFN2O. The molecule has 1 amide bonds. The molecule has 0 atom stereocenters. The second-order valence-corrected chi connectivity index (χ2v) is 5.00. The van der Waals surface area contributed by atoms with E-state index in [1.165, 1.54) is 18.2 Å². The molecule has 0 aliphatic rings. The first-order valence-electron chi connectivity index (χ1n) is 5.60. The van der Waals surface area contributed by atoms with Crippen molar-refractivity contribution in [1.82, 2.24) is 0 Å². The van der Waals surface area contributed by atoms with Gasteiger partial charge in [-0.15, -0.1) is 0 Å². The largest absolute Gasteiger partial charge is 0.398 e. The molecule has 2 rings (SSSR count). The van der Waals surface area contributed by atoms with E-state index < -0.39 is 5.82 Å². The Hall–Kier alpha value is -1.88. The van der Waals surface area contributed by atoms with E-state index in [1.807, 2.05) is 6.92 Å². The van der Waals surface area contributed by atoms with E-state index in [0.29, 0.717) is 21.4 Å². The van der Waals surface area contributed by atoms with Crippen LogP contribution in [-0.2, 0) is 0 Å². The molecule has 98 valence electrons. The van der Waals surface area contributed by atoms with Crippen LogP contribution in [0.5, 0.6) is 0 Å². The molecular weight excluding hydrogens is 311 g/mol. The van der Waals surface area contributed by atoms with Gasteiger partial charge in [0.1, 0.15) is 5.82 Å². The van der Waals surface area contributed by atoms with Crippen molar-refractivity contribution in [2.24, 2.45) is 0 Å². The van der Waals surface area contributed by atoms with Gasteiger partial charge >= 0.3 is 0 Å². The number of nitrogen functional groups attached to an aromatic ring is 1. The molecule has 3 nitrogen and oxygen atoms in total. The number of halogens is 2. The predicted octanol–water partition coefficient (Wildman–Crippen LogP) is 3.73. The number of aryl methyl sites for hydroxylation is 1. The summed E-state index contributed by atoms with van der Waals surface area (Å²) in [7, 11) is 0. The summed E-state index contributed by atoms with van der Waals surface area (Å²) in [5.41, 5.74) is 8.02. The molecule has 0 heterocycles. The van der Waals surface area contributed by atoms with Crippen LogP contribution in [0.1, 0.15) is 15.9 Å². The third-order valence-corrected chi connectivity index (χ3v) is 3.41. The quantitative estimate of drug-likeness (QED) is 0.828. The third kappa shape index (κ3) is 3.12. The van der Waals surface area contributed by atoms with Gasteiger partial charge in [0.05, 0.1) is 5.69 Å². The van der Waals surface area contributed by atoms with E-state index in [9.17, 15) is 9.18 Å². The zero-order chi connectivity index (χ0) is 14.0. The summed E-state index contributed by atoms with van der Waals surface area (Å²) in [4.78, 5) is 12.0. The van der Waals surface area contributed by atoms with Gasteiger partial charge in [0.2, 0.25) is 0 Å². The van der Waals surface area contributed by atoms with Crippen LogP contribution in [0.15, 0.2) is 40.9 Å². The van der Waals surface area contributed by atoms with Crippen molar-refractivity contribution < 1.29 is 9.18 Å². The summed E-state index contributed by atoms with van der Waals surface area (Å²) in [6, 6.07) is 9.13. The Kier molecular flexibility index (Phi) is 3.85. The van der Waals surface area contributed by atoms with E-state index >= 15 is 0 Å². The zero-order valence-corrected chi connectivity index (χ0v) is 11.8. The van der Waals surface area contributed by atoms with Crippen LogP contribution in [0.25, 0.3) is 0 Å². The first kappa shape index (κ1) is 13.5. The summed E-state index contributed by atoms with van der Waals surface area (Å²) >= 11 is 3.25. The average Bonchev–Trinajstić information content (AvgIpc) is 2.37. The summed E-state index contributed by atoms with van der Waals surface area (Å²) in [6.45, 7) is 1.86. The Balaban J connectivity index is 2.25. The molecule has 3 N–H and O–H groups in total. The van der Waals surface area contributed by atoms with Crippen molar-refractivity contribution in [2.45, 2.75) is 6.92 Å². The van der Waals surface area contributed by atoms with E-state index in [0.717, 1.165) is 5.56 Å². The van der Waals surface area contributed by atoms with Crippen molar-refractivity contribution >= 4 is 33.2 Å². The topological polar surface area (TPSA) is 55.1 Å². The van der Waals surface area contributed by atoms with Crippen LogP contribution in [0.2, 0.25) is 0 Å². The van der Waals surface area contributed by atoms with Gasteiger partial charge < -0.3 is 11.1 Å². The lowest BCUT2D eigenvalue weighted by molar-refractivity contribution is 0.102. The molecule has 5 heteroatoms. The maximum absolute atomic E-state index is 13.1. The van der Waals surface area contributed by atoms with Gasteiger partial charge in [-0.25, -0.2) is 4.39 Å². The van der Waals surface area contributed by atoms with Crippen molar-refractivity contribution in [1.29, 1.82) is 0 Å². The number of carbonyl (C=O) groups excluding carboxylic acids is 1. The molecule has 0 spiro atoms. The second-order valence-electron chi connectivity index (χ2n) is 4.15. The number of nitrogens with two attached hydrogens (primary N) is 1. The molecule has 2 aromatic rings. The standard InChI is InChI=1S/C14H12BrFN2O/c1-8-2-3-9(6-12(8)17)14(19)18-13-7-10(16)4-5-11(13)15/h2-7H,17H2,1H3,(H,18,19). The molecule has 0 radical (unpaired) electrons. The Morgan fingerprint density at radius 3 is 2.68 bits per heavy atom. The smallest absolute Gasteiger partial charge is 0.255 e. The first-order chi connectivity index (χ1) is 8.97. The second kappa shape index (κ2) is 5.40. The molecule has 0 fully saturated rings. The highest BCUT2D eigenvalue weighted by molar-refractivity contribution is 9.10. The third-order valence-electron chi connectivity index (χ3n) is 2.72. The summed E-state index contributed by atoms with van der Waals surface area (Å²) < 4.78 is 13.7. The van der Waals surface area contributed by atoms with Crippen molar-refractivity contribution in [3.05, 3.63) is 57.8 Å². The lowest BCUT2D eigenvalue weighted by Gasteiger charge is -2.09. The Labute approximate surface area is 118 Å². The normalized spacial score (nSPS) is 10.3. The van der Waals surface area contributed by atoms with Crippen LogP contribution in [0, 0.1) is 12.7 Å². The van der Waals surface area contributed by atoms with E-state index in [4.69, 9.17) is 5.73 Å². The number of hydrogen-bond donors (Lipinski definition) is 2. The van der Waals surface area contributed by atoms with Crippen LogP contribution >= 0.6 is 15.9 Å². The van der Waals surface area contributed by atoms with Crippen LogP contribution in [0.4, 0.5) is 15.8 Å². The fourth-order valence-corrected chi connectivity index (χ4v) is 1.92. The van der Waals surface area contributed by atoms with E-state index in [1.54, 1.807) is 18.2 Å². The summed E-state index contributed by atoms with van der Waals surface area (Å²) in [6.07, 6.45) is 0. The number of rotatable bonds is 2. The molecule has 0 unspecified atom stereocenters. The fourth-order valence-electron chi connectivity index (χ4n) is 1.57. The Morgan fingerprint density at radius 2 is 2.00 bits per heavy atom. The monoisotopic (exact) mass is 322 g/mol. The lowest BCUT2D eigenvalue weighted by Crippen LogP contribution is -2.13. The lowest BCUT2D eigenvalue weighted by atomic mass is 10.1. The maximum Gasteiger partial charge on any atom is 0.255 e. The van der Waals surface area contributed by atoms with Crippen LogP contribution < -0.4 is 11.1 Å². The molecule has 0 aromatic heterocycles. The predicted molar refractivity (Wildman–Crippen MR) is 77.6 cm³/mol. The number of amides is 1. The van der Waals surface area contributed by atoms with Gasteiger partial charge in [0.15, 0.2) is 0 Å². The molecule has 2 aromatic carbocycles. The number of anilines is 2. The van der Waals surface area contributed by atoms with Crippen LogP contribution in [0.3, 0.4) is 0 Å². The maximum atomic E-state index is 13.1. The highest BCUT2D eigenvalue weighted by Crippen LogP contribution is 2.24. The summed E-state index contributed by atoms with van der Waals surface area (Å²) in [5.74, 6) is -0.750. The average molecular weight is 323 g/mol. The Bertz CT molecular complexity index is 643. The van der Waals surface area contributed by atoms with E-state index in [-0.39, 0.29) is 5.91 Å². The Morgan fingerprint density at radius 1 is 1.26 bits per heavy atom. The minimum atomic E-state index is -0.415. The van der Waals surface area contributed by atoms with Gasteiger partial charge in [0, 0.05) is 15.7 Å². The number of hydrogen-bond acceptors (Lipinski definition) is 2. The van der Waals surface area contributed by atoms with Gasteiger partial charge in [-0.2, -0.15) is 0 Å². The molecule has 0 saturated heterocycles. The van der Waals surface area contributed by atoms with Crippen LogP contribution in [-0.4, -0.2) is 5.91 Å². The molecule has 0 aliphatic heterocycles. The first-order valence-corrected chi connectivity index (χ1v) is 6.39. The minimum absolute atomic E-state index is 0.335. The zero-order valence-electron chi connectivity index (χ0n) is 10.2. The molecule has 0 bridgehead atoms. The van der Waals surface area contributed by atoms with Gasteiger partial charge in [-0.05, 0) is 58.7 Å². The SMILES string of the molecule is Cc1ccc(C(=O)Nc2cc(F)ccc2Br)cc1N. The molecule has 0 aliphatic carbocycles. The minimum Gasteiger partial charge on any atom is -0.398 e. The van der Waals surface area contributed by atoms with E-state index in [2.05, 4.69) is 21.2 Å². The van der Waals surface area contributed by atoms with Gasteiger partial charge in [-0.3, -0.25) is 4.79 Å². The van der Waals surface area contributed by atoms with Gasteiger partial charge in [-0.1, -0.05) is 6.07 Å². The number of benzene rings is 2. The molecule has 19 heavy (non-hydrogen) atoms. The van der Waals surface area contributed by atoms with Gasteiger partial charge in [0.25, 0.3) is 5.91 Å². The fraction of sp³-hybridized carbons (Fsp3) is 0.0714. The summed E-state index contributed by atoms with van der Waals surface area (Å²) in [5, 5.41) is 2.63. The van der Waals surface area contributed by atoms with Crippen molar-refractivity contribution in [3.8, 4) is 0 Å².